The van der Waals surface area contributed by atoms with E-state index in [1.165, 1.54) is 12.1 Å². The molecule has 1 aromatic rings. The molecule has 5 nitrogen and oxygen atoms in total. The number of non-ortho nitro benzene ring substituents is 1. The van der Waals surface area contributed by atoms with Crippen molar-refractivity contribution in [3.05, 3.63) is 40.4 Å². The van der Waals surface area contributed by atoms with Crippen molar-refractivity contribution in [2.75, 3.05) is 0 Å². The van der Waals surface area contributed by atoms with Gasteiger partial charge in [-0.05, 0) is 6.42 Å². The zero-order valence-corrected chi connectivity index (χ0v) is 9.13. The number of carbonyl (C=O) groups is 1. The van der Waals surface area contributed by atoms with Crippen LogP contribution < -0.4 is 0 Å². The molecule has 16 heavy (non-hydrogen) atoms. The normalized spacial score (nSPS) is 8.81. The Morgan fingerprint density at radius 1 is 1.38 bits per heavy atom. The molecule has 88 valence electrons. The summed E-state index contributed by atoms with van der Waals surface area (Å²) < 4.78 is 0. The highest BCUT2D eigenvalue weighted by Crippen LogP contribution is 2.06. The molecule has 0 unspecified atom stereocenters. The summed E-state index contributed by atoms with van der Waals surface area (Å²) in [5.74, 6) is -0.693. The van der Waals surface area contributed by atoms with E-state index in [-0.39, 0.29) is 5.69 Å². The fraction of sp³-hybridized carbons (Fsp3) is 0.364. The summed E-state index contributed by atoms with van der Waals surface area (Å²) in [5.41, 5.74) is 0.137. The molecule has 0 aliphatic rings. The second-order valence-electron chi connectivity index (χ2n) is 3.09. The summed E-state index contributed by atoms with van der Waals surface area (Å²) in [6, 6.07) is 7.93. The molecule has 5 heteroatoms. The first kappa shape index (κ1) is 14.1. The summed E-state index contributed by atoms with van der Waals surface area (Å²) in [6.45, 7) is 1.98. The monoisotopic (exact) mass is 225 g/mol. The molecule has 0 aromatic heterocycles. The highest BCUT2D eigenvalue weighted by atomic mass is 16.6. The lowest BCUT2D eigenvalue weighted by molar-refractivity contribution is -0.384. The first-order chi connectivity index (χ1) is 7.57. The summed E-state index contributed by atoms with van der Waals surface area (Å²) in [4.78, 5) is 19.3. The second-order valence-corrected chi connectivity index (χ2v) is 3.09. The average molecular weight is 225 g/mol. The van der Waals surface area contributed by atoms with Gasteiger partial charge in [-0.1, -0.05) is 31.5 Å². The van der Waals surface area contributed by atoms with Gasteiger partial charge in [-0.15, -0.1) is 0 Å². The van der Waals surface area contributed by atoms with Gasteiger partial charge in [0.05, 0.1) is 4.92 Å². The van der Waals surface area contributed by atoms with Crippen molar-refractivity contribution in [1.29, 1.82) is 0 Å². The number of carboxylic acids is 1. The van der Waals surface area contributed by atoms with Crippen LogP contribution >= 0.6 is 0 Å². The predicted molar refractivity (Wildman–Crippen MR) is 60.3 cm³/mol. The van der Waals surface area contributed by atoms with Crippen molar-refractivity contribution in [3.63, 3.8) is 0 Å². The Bertz CT molecular complexity index is 324. The average Bonchev–Trinajstić information content (AvgIpc) is 2.28. The summed E-state index contributed by atoms with van der Waals surface area (Å²) in [7, 11) is 0. The van der Waals surface area contributed by atoms with E-state index in [1.54, 1.807) is 18.2 Å². The number of para-hydroxylation sites is 1. The van der Waals surface area contributed by atoms with Gasteiger partial charge in [0.1, 0.15) is 0 Å². The highest BCUT2D eigenvalue weighted by molar-refractivity contribution is 5.66. The zero-order chi connectivity index (χ0) is 12.4. The maximum absolute atomic E-state index is 10.0. The topological polar surface area (TPSA) is 80.4 Å². The first-order valence-electron chi connectivity index (χ1n) is 4.99. The lowest BCUT2D eigenvalue weighted by Crippen LogP contribution is -1.91. The maximum atomic E-state index is 10.0. The molecule has 0 atom stereocenters. The van der Waals surface area contributed by atoms with Crippen LogP contribution in [0.1, 0.15) is 26.2 Å². The minimum atomic E-state index is -0.693. The highest BCUT2D eigenvalue weighted by Gasteiger charge is 1.98. The van der Waals surface area contributed by atoms with Crippen molar-refractivity contribution in [1.82, 2.24) is 0 Å². The van der Waals surface area contributed by atoms with Crippen LogP contribution in [0.4, 0.5) is 5.69 Å². The Balaban J connectivity index is 0.000000293. The number of nitrogens with zero attached hydrogens (tertiary/aromatic N) is 1. The van der Waals surface area contributed by atoms with Crippen molar-refractivity contribution in [3.8, 4) is 0 Å². The number of rotatable bonds is 4. The number of benzene rings is 1. The van der Waals surface area contributed by atoms with Crippen LogP contribution in [-0.2, 0) is 4.79 Å². The van der Waals surface area contributed by atoms with Gasteiger partial charge in [0, 0.05) is 18.6 Å². The smallest absolute Gasteiger partial charge is 0.303 e. The molecule has 1 aromatic carbocycles. The van der Waals surface area contributed by atoms with Gasteiger partial charge >= 0.3 is 5.97 Å². The Morgan fingerprint density at radius 2 is 1.94 bits per heavy atom. The number of aliphatic carboxylic acids is 1. The van der Waals surface area contributed by atoms with Gasteiger partial charge in [0.25, 0.3) is 5.69 Å². The molecule has 0 aliphatic heterocycles. The van der Waals surface area contributed by atoms with E-state index in [0.717, 1.165) is 12.8 Å². The van der Waals surface area contributed by atoms with Gasteiger partial charge in [0.15, 0.2) is 0 Å². The molecule has 1 rings (SSSR count). The number of nitro benzene ring substituents is 1. The number of hydrogen-bond acceptors (Lipinski definition) is 3. The largest absolute Gasteiger partial charge is 0.481 e. The number of nitro groups is 1. The van der Waals surface area contributed by atoms with E-state index < -0.39 is 10.9 Å². The quantitative estimate of drug-likeness (QED) is 0.631. The molecule has 0 heterocycles. The van der Waals surface area contributed by atoms with Crippen LogP contribution in [0.25, 0.3) is 0 Å². The lowest BCUT2D eigenvalue weighted by atomic mass is 10.3. The van der Waals surface area contributed by atoms with Gasteiger partial charge in [-0.25, -0.2) is 0 Å². The molecule has 0 aliphatic carbocycles. The molecule has 0 spiro atoms. The van der Waals surface area contributed by atoms with E-state index in [9.17, 15) is 14.9 Å². The molecule has 0 radical (unpaired) electrons. The van der Waals surface area contributed by atoms with Crippen molar-refractivity contribution < 1.29 is 14.8 Å². The molecular formula is C11H15NO4. The van der Waals surface area contributed by atoms with Crippen molar-refractivity contribution >= 4 is 11.7 Å². The molecule has 1 N–H and O–H groups in total. The van der Waals surface area contributed by atoms with Crippen LogP contribution in [0.15, 0.2) is 30.3 Å². The Kier molecular flexibility index (Phi) is 7.40. The maximum Gasteiger partial charge on any atom is 0.303 e. The van der Waals surface area contributed by atoms with E-state index >= 15 is 0 Å². The van der Waals surface area contributed by atoms with Gasteiger partial charge in [-0.3, -0.25) is 14.9 Å². The summed E-state index contributed by atoms with van der Waals surface area (Å²) in [5, 5.41) is 18.1. The standard InChI is InChI=1S/C6H5NO2.C5H10O2/c8-7(9)6-4-2-1-3-5-6;1-2-3-4-5(6)7/h1-5H;2-4H2,1H3,(H,6,7). The second kappa shape index (κ2) is 8.40. The number of hydrogen-bond donors (Lipinski definition) is 1. The number of unbranched alkanes of at least 4 members (excludes halogenated alkanes) is 1. The van der Waals surface area contributed by atoms with E-state index in [1.807, 2.05) is 6.92 Å². The molecule has 0 fully saturated rings. The molecule has 0 amide bonds. The first-order valence-corrected chi connectivity index (χ1v) is 4.99. The minimum Gasteiger partial charge on any atom is -0.481 e. The van der Waals surface area contributed by atoms with Gasteiger partial charge < -0.3 is 5.11 Å². The fourth-order valence-electron chi connectivity index (χ4n) is 0.878. The molecular weight excluding hydrogens is 210 g/mol. The van der Waals surface area contributed by atoms with E-state index in [2.05, 4.69) is 0 Å². The lowest BCUT2D eigenvalue weighted by Gasteiger charge is -1.85. The van der Waals surface area contributed by atoms with Crippen LogP contribution in [0.5, 0.6) is 0 Å². The fourth-order valence-corrected chi connectivity index (χ4v) is 0.878. The number of carboxylic acid groups (broad SMARTS) is 1. The Morgan fingerprint density at radius 3 is 2.19 bits per heavy atom. The van der Waals surface area contributed by atoms with Crippen molar-refractivity contribution in [2.45, 2.75) is 26.2 Å². The SMILES string of the molecule is CCCCC(=O)O.O=[N+]([O-])c1ccccc1. The minimum absolute atomic E-state index is 0.137. The van der Waals surface area contributed by atoms with E-state index in [4.69, 9.17) is 5.11 Å². The predicted octanol–water partition coefficient (Wildman–Crippen LogP) is 2.86. The molecule has 0 saturated heterocycles. The summed E-state index contributed by atoms with van der Waals surface area (Å²) >= 11 is 0. The van der Waals surface area contributed by atoms with Crippen LogP contribution in [-0.4, -0.2) is 16.0 Å². The zero-order valence-electron chi connectivity index (χ0n) is 9.13. The van der Waals surface area contributed by atoms with Gasteiger partial charge in [-0.2, -0.15) is 0 Å². The molecule has 0 bridgehead atoms. The third-order valence-corrected chi connectivity index (χ3v) is 1.71. The van der Waals surface area contributed by atoms with Crippen molar-refractivity contribution in [2.24, 2.45) is 0 Å². The van der Waals surface area contributed by atoms with Crippen LogP contribution in [0, 0.1) is 10.1 Å². The van der Waals surface area contributed by atoms with Crippen LogP contribution in [0.3, 0.4) is 0 Å². The Labute approximate surface area is 93.9 Å². The van der Waals surface area contributed by atoms with E-state index in [0.29, 0.717) is 6.42 Å². The summed E-state index contributed by atoms with van der Waals surface area (Å²) in [6.07, 6.45) is 2.08. The van der Waals surface area contributed by atoms with Crippen LogP contribution in [0.2, 0.25) is 0 Å². The van der Waals surface area contributed by atoms with Gasteiger partial charge in [0.2, 0.25) is 0 Å². The third-order valence-electron chi connectivity index (χ3n) is 1.71. The third kappa shape index (κ3) is 7.49. The molecule has 0 saturated carbocycles. The Hall–Kier alpha value is -1.91.